The number of hydrogen-bond acceptors (Lipinski definition) is 13. The van der Waals surface area contributed by atoms with Gasteiger partial charge >= 0.3 is 5.97 Å². The zero-order valence-corrected chi connectivity index (χ0v) is 47.3. The van der Waals surface area contributed by atoms with E-state index in [2.05, 4.69) is 38.6 Å². The van der Waals surface area contributed by atoms with Gasteiger partial charge in [-0.15, -0.1) is 0 Å². The first-order valence-electron chi connectivity index (χ1n) is 26.5. The summed E-state index contributed by atoms with van der Waals surface area (Å²) in [6.45, 7) is 14.1. The van der Waals surface area contributed by atoms with E-state index in [4.69, 9.17) is 22.9 Å². The molecule has 2 heterocycles. The Morgan fingerprint density at radius 1 is 0.766 bits per heavy atom. The van der Waals surface area contributed by atoms with E-state index in [0.29, 0.717) is 18.4 Å². The number of carbonyl (C=O) groups excluding carboxylic acids is 8. The molecule has 0 aromatic heterocycles. The molecule has 3 rings (SSSR count). The molecule has 77 heavy (non-hydrogen) atoms. The monoisotopic (exact) mass is 1100 g/mol. The molecule has 2 aliphatic heterocycles. The lowest BCUT2D eigenvalue weighted by Crippen LogP contribution is -2.60. The number of Topliss-reactive ketones (excluding diaryl/α,β-unsaturated/α-hetero) is 2. The number of likely N-dealkylation sites (tertiary alicyclic amines) is 2. The largest absolute Gasteiger partial charge is 0.508 e. The van der Waals surface area contributed by atoms with Crippen molar-refractivity contribution >= 4 is 77.5 Å². The Hall–Kier alpha value is -6.46. The zero-order chi connectivity index (χ0) is 58.1. The van der Waals surface area contributed by atoms with Gasteiger partial charge in [0.15, 0.2) is 23.5 Å². The van der Waals surface area contributed by atoms with E-state index in [-0.39, 0.29) is 114 Å². The van der Waals surface area contributed by atoms with Gasteiger partial charge in [0, 0.05) is 63.7 Å². The van der Waals surface area contributed by atoms with Crippen LogP contribution in [0.15, 0.2) is 34.3 Å². The number of aliphatic carboxylic acids is 1. The van der Waals surface area contributed by atoms with Crippen LogP contribution in [-0.2, 0) is 49.6 Å². The van der Waals surface area contributed by atoms with Gasteiger partial charge in [0.1, 0.15) is 29.9 Å². The van der Waals surface area contributed by atoms with Crippen molar-refractivity contribution in [1.82, 2.24) is 30.7 Å². The number of aromatic hydroxyl groups is 1. The highest BCUT2D eigenvalue weighted by atomic mass is 32.1. The summed E-state index contributed by atoms with van der Waals surface area (Å²) in [5, 5.41) is 28.3. The second kappa shape index (κ2) is 29.3. The molecule has 24 heteroatoms. The standard InChI is InChI=1S/C53H86N12O11S/c1-30(2)26-34(49(75)76)29-41(69)42(52(4,5)6)62-44(70)33(27-32-18-20-35(67)21-19-32)28-40(68)37-16-12-24-64(37)47(73)39(15-11-23-59-51(56)57)63(9)46(72)36(14-10-22-58-50(54)55)61-45(71)38-17-13-25-65(38)48(74)43(53(7,8)77)60-31(3)66/h18-21,30,33-34,36-39,42-43,67,77H,10-17,22-29H2,1-9H3,(H,60,66)(H,61,71)(H,62,70)(H,75,76)(H4,54,55,58)(H4,56,57,59)/t33-,34-,36+,37+,38+,39+,42-,43-/m1/s1. The fraction of sp³-hybridized carbons (Fsp3) is 0.679. The van der Waals surface area contributed by atoms with Gasteiger partial charge < -0.3 is 63.8 Å². The number of hydrogen-bond donors (Lipinski definition) is 10. The number of phenols is 1. The molecule has 1 aromatic carbocycles. The molecule has 0 spiro atoms. The van der Waals surface area contributed by atoms with Gasteiger partial charge in [0.05, 0.1) is 18.0 Å². The van der Waals surface area contributed by atoms with Crippen molar-refractivity contribution in [3.8, 4) is 5.75 Å². The van der Waals surface area contributed by atoms with Crippen molar-refractivity contribution in [1.29, 1.82) is 0 Å². The molecule has 0 saturated carbocycles. The Morgan fingerprint density at radius 2 is 1.31 bits per heavy atom. The van der Waals surface area contributed by atoms with Crippen LogP contribution in [0.3, 0.4) is 0 Å². The van der Waals surface area contributed by atoms with Crippen LogP contribution in [0.5, 0.6) is 5.75 Å². The molecule has 0 unspecified atom stereocenters. The lowest BCUT2D eigenvalue weighted by Gasteiger charge is -2.36. The van der Waals surface area contributed by atoms with Crippen LogP contribution < -0.4 is 38.9 Å². The Kier molecular flexibility index (Phi) is 24.7. The van der Waals surface area contributed by atoms with E-state index in [1.165, 1.54) is 40.8 Å². The van der Waals surface area contributed by atoms with Gasteiger partial charge in [-0.1, -0.05) is 46.8 Å². The number of phenolic OH excluding ortho intramolecular Hbond substituents is 1. The number of likely N-dealkylation sites (N-methyl/N-ethyl adjacent to an activating group) is 1. The van der Waals surface area contributed by atoms with Gasteiger partial charge in [-0.3, -0.25) is 53.1 Å². The number of aliphatic imine (C=N–C) groups is 2. The zero-order valence-electron chi connectivity index (χ0n) is 46.4. The fourth-order valence-electron chi connectivity index (χ4n) is 9.97. The summed E-state index contributed by atoms with van der Waals surface area (Å²) in [5.41, 5.74) is 22.1. The molecule has 2 saturated heterocycles. The number of nitrogens with one attached hydrogen (secondary N) is 3. The topological polar surface area (TPSA) is 369 Å². The van der Waals surface area contributed by atoms with E-state index in [1.54, 1.807) is 46.8 Å². The second-order valence-electron chi connectivity index (χ2n) is 22.5. The number of benzene rings is 1. The fourth-order valence-corrected chi connectivity index (χ4v) is 10.1. The smallest absolute Gasteiger partial charge is 0.306 e. The van der Waals surface area contributed by atoms with E-state index in [0.717, 1.165) is 0 Å². The number of nitrogens with two attached hydrogens (primary N) is 4. The molecule has 0 bridgehead atoms. The Morgan fingerprint density at radius 3 is 1.82 bits per heavy atom. The van der Waals surface area contributed by atoms with Crippen molar-refractivity contribution in [3.05, 3.63) is 29.8 Å². The summed E-state index contributed by atoms with van der Waals surface area (Å²) in [6.07, 6.45) is 1.38. The summed E-state index contributed by atoms with van der Waals surface area (Å²) >= 11 is 4.56. The first-order valence-corrected chi connectivity index (χ1v) is 26.9. The van der Waals surface area contributed by atoms with Crippen LogP contribution in [0.2, 0.25) is 0 Å². The second-order valence-corrected chi connectivity index (χ2v) is 23.6. The molecule has 1 aromatic rings. The number of rotatable bonds is 29. The van der Waals surface area contributed by atoms with Crippen LogP contribution in [0, 0.1) is 23.2 Å². The summed E-state index contributed by atoms with van der Waals surface area (Å²) in [5.74, 6) is -8.00. The van der Waals surface area contributed by atoms with Gasteiger partial charge in [0.2, 0.25) is 35.4 Å². The maximum Gasteiger partial charge on any atom is 0.306 e. The molecule has 430 valence electrons. The van der Waals surface area contributed by atoms with Crippen molar-refractivity contribution < 1.29 is 53.4 Å². The molecule has 8 atom stereocenters. The summed E-state index contributed by atoms with van der Waals surface area (Å²) in [6, 6.07) is -0.626. The summed E-state index contributed by atoms with van der Waals surface area (Å²) in [4.78, 5) is 138. The van der Waals surface area contributed by atoms with E-state index < -0.39 is 111 Å². The first-order chi connectivity index (χ1) is 35.8. The Labute approximate surface area is 458 Å². The first kappa shape index (κ1) is 64.8. The SMILES string of the molecule is CC(=O)N[C@H](C(=O)N1CCC[C@H]1C(=O)N[C@@H](CCCN=C(N)N)C(=O)N(C)[C@@H](CCCN=C(N)N)C(=O)N1CCC[C@H]1C(=O)C[C@@H](Cc1ccc(O)cc1)C(=O)N[C@H](C(=O)C[C@@H](CC(C)C)C(=O)O)C(C)(C)C)C(C)(C)S. The molecule has 0 aliphatic carbocycles. The predicted octanol–water partition coefficient (Wildman–Crippen LogP) is 1.36. The van der Waals surface area contributed by atoms with E-state index in [1.807, 2.05) is 13.8 Å². The maximum absolute atomic E-state index is 15.0. The van der Waals surface area contributed by atoms with Gasteiger partial charge in [0.25, 0.3) is 0 Å². The van der Waals surface area contributed by atoms with Crippen molar-refractivity contribution in [2.45, 2.75) is 173 Å². The molecule has 6 amide bonds. The van der Waals surface area contributed by atoms with Crippen LogP contribution in [0.25, 0.3) is 0 Å². The third-order valence-electron chi connectivity index (χ3n) is 13.9. The van der Waals surface area contributed by atoms with Crippen LogP contribution >= 0.6 is 12.6 Å². The molecule has 0 radical (unpaired) electrons. The molecule has 13 N–H and O–H groups in total. The number of carbonyl (C=O) groups is 9. The molecular weight excluding hydrogens is 1010 g/mol. The Balaban J connectivity index is 2.01. The van der Waals surface area contributed by atoms with Gasteiger partial charge in [-0.25, -0.2) is 0 Å². The lowest BCUT2D eigenvalue weighted by molar-refractivity contribution is -0.149. The van der Waals surface area contributed by atoms with Gasteiger partial charge in [-0.05, 0) is 107 Å². The number of carboxylic acid groups (broad SMARTS) is 1. The number of ketones is 2. The summed E-state index contributed by atoms with van der Waals surface area (Å²) < 4.78 is -1.01. The quantitative estimate of drug-likeness (QED) is 0.0234. The van der Waals surface area contributed by atoms with Crippen LogP contribution in [0.4, 0.5) is 0 Å². The van der Waals surface area contributed by atoms with Crippen LogP contribution in [0.1, 0.15) is 132 Å². The van der Waals surface area contributed by atoms with Crippen LogP contribution in [-0.4, -0.2) is 164 Å². The minimum absolute atomic E-state index is 0.00542. The third kappa shape index (κ3) is 20.1. The average molecular weight is 1100 g/mol. The Bertz CT molecular complexity index is 2310. The minimum Gasteiger partial charge on any atom is -0.508 e. The minimum atomic E-state index is -1.26. The number of amides is 6. The summed E-state index contributed by atoms with van der Waals surface area (Å²) in [7, 11) is 1.41. The maximum atomic E-state index is 15.0. The average Bonchev–Trinajstić information content (AvgIpc) is 4.03. The highest BCUT2D eigenvalue weighted by Gasteiger charge is 2.45. The van der Waals surface area contributed by atoms with E-state index >= 15 is 4.79 Å². The predicted molar refractivity (Wildman–Crippen MR) is 295 cm³/mol. The highest BCUT2D eigenvalue weighted by Crippen LogP contribution is 2.30. The number of thiol groups is 1. The number of carboxylic acids is 1. The van der Waals surface area contributed by atoms with Crippen molar-refractivity contribution in [2.24, 2.45) is 56.1 Å². The van der Waals surface area contributed by atoms with Gasteiger partial charge in [-0.2, -0.15) is 12.6 Å². The molecule has 2 fully saturated rings. The number of nitrogens with zero attached hydrogens (tertiary/aromatic N) is 5. The highest BCUT2D eigenvalue weighted by molar-refractivity contribution is 7.81. The van der Waals surface area contributed by atoms with E-state index in [9.17, 15) is 48.6 Å². The third-order valence-corrected chi connectivity index (χ3v) is 14.2. The molecule has 2 aliphatic rings. The molecule has 23 nitrogen and oxygen atoms in total. The number of guanidine groups is 2. The molecular formula is C53H86N12O11S. The normalized spacial score (nSPS) is 18.0. The van der Waals surface area contributed by atoms with Crippen molar-refractivity contribution in [3.63, 3.8) is 0 Å². The lowest BCUT2D eigenvalue weighted by atomic mass is 9.80. The van der Waals surface area contributed by atoms with Crippen molar-refractivity contribution in [2.75, 3.05) is 33.2 Å².